The molecule has 3 rings (SSSR count). The summed E-state index contributed by atoms with van der Waals surface area (Å²) in [5.74, 6) is 1.40. The Kier molecular flexibility index (Phi) is 2.98. The molecular formula is C16H19NS. The summed E-state index contributed by atoms with van der Waals surface area (Å²) in [4.78, 5) is 4.59. The number of hydrogen-bond donors (Lipinski definition) is 0. The topological polar surface area (TPSA) is 12.9 Å². The molecule has 2 atom stereocenters. The van der Waals surface area contributed by atoms with Gasteiger partial charge in [0.1, 0.15) is 0 Å². The number of fused-ring (bicyclic) bond motifs is 1. The second-order valence-electron chi connectivity index (χ2n) is 5.47. The predicted octanol–water partition coefficient (Wildman–Crippen LogP) is 5.12. The molecule has 0 fully saturated rings. The number of hydrogen-bond acceptors (Lipinski definition) is 2. The Morgan fingerprint density at radius 2 is 1.83 bits per heavy atom. The minimum absolute atomic E-state index is 0.691. The van der Waals surface area contributed by atoms with Crippen LogP contribution in [0.25, 0.3) is 11.3 Å². The van der Waals surface area contributed by atoms with Crippen LogP contribution in [0.3, 0.4) is 0 Å². The molecule has 0 saturated heterocycles. The second kappa shape index (κ2) is 4.51. The van der Waals surface area contributed by atoms with Crippen LogP contribution in [-0.2, 0) is 0 Å². The van der Waals surface area contributed by atoms with Crippen molar-refractivity contribution in [3.8, 4) is 11.3 Å². The quantitative estimate of drug-likeness (QED) is 0.691. The molecule has 2 heteroatoms. The lowest BCUT2D eigenvalue weighted by Crippen LogP contribution is -2.10. The van der Waals surface area contributed by atoms with Crippen LogP contribution in [0.4, 0.5) is 0 Å². The molecule has 2 unspecified atom stereocenters. The van der Waals surface area contributed by atoms with E-state index in [9.17, 15) is 0 Å². The summed E-state index contributed by atoms with van der Waals surface area (Å²) in [7, 11) is 0. The van der Waals surface area contributed by atoms with E-state index in [0.29, 0.717) is 11.8 Å². The van der Waals surface area contributed by atoms with E-state index >= 15 is 0 Å². The molecule has 2 aromatic rings. The van der Waals surface area contributed by atoms with Crippen LogP contribution in [0, 0.1) is 6.92 Å². The molecule has 1 heterocycles. The standard InChI is InChI=1S/C16H19NS/c1-10-4-5-11(2)15-8-13(6-7-14(10)15)16-9-18-12(3)17-16/h6-11H,4-5H2,1-3H3. The first-order valence-electron chi connectivity index (χ1n) is 6.71. The van der Waals surface area contributed by atoms with Gasteiger partial charge >= 0.3 is 0 Å². The average molecular weight is 257 g/mol. The van der Waals surface area contributed by atoms with Gasteiger partial charge in [0.15, 0.2) is 0 Å². The summed E-state index contributed by atoms with van der Waals surface area (Å²) in [5.41, 5.74) is 5.49. The molecule has 18 heavy (non-hydrogen) atoms. The van der Waals surface area contributed by atoms with Gasteiger partial charge in [-0.2, -0.15) is 0 Å². The van der Waals surface area contributed by atoms with Crippen molar-refractivity contribution in [1.29, 1.82) is 0 Å². The van der Waals surface area contributed by atoms with Gasteiger partial charge in [0.05, 0.1) is 10.7 Å². The maximum absolute atomic E-state index is 4.59. The van der Waals surface area contributed by atoms with E-state index < -0.39 is 0 Å². The molecule has 0 saturated carbocycles. The molecular weight excluding hydrogens is 238 g/mol. The predicted molar refractivity (Wildman–Crippen MR) is 78.4 cm³/mol. The number of rotatable bonds is 1. The number of thiazole rings is 1. The molecule has 0 bridgehead atoms. The van der Waals surface area contributed by atoms with Gasteiger partial charge in [-0.1, -0.05) is 26.0 Å². The SMILES string of the molecule is Cc1nc(-c2ccc3c(c2)C(C)CCC3C)cs1. The third-order valence-electron chi connectivity index (χ3n) is 4.10. The molecule has 0 N–H and O–H groups in total. The number of benzene rings is 1. The van der Waals surface area contributed by atoms with Gasteiger partial charge in [-0.3, -0.25) is 0 Å². The van der Waals surface area contributed by atoms with Crippen LogP contribution in [-0.4, -0.2) is 4.98 Å². The van der Waals surface area contributed by atoms with E-state index in [4.69, 9.17) is 0 Å². The summed E-state index contributed by atoms with van der Waals surface area (Å²) in [5, 5.41) is 3.30. The Labute approximate surface area is 113 Å². The Bertz CT molecular complexity index is 570. The first-order chi connectivity index (χ1) is 8.65. The van der Waals surface area contributed by atoms with Crippen LogP contribution in [0.1, 0.15) is 54.7 Å². The van der Waals surface area contributed by atoms with Gasteiger partial charge in [0.25, 0.3) is 0 Å². The molecule has 0 radical (unpaired) electrons. The smallest absolute Gasteiger partial charge is 0.0901 e. The van der Waals surface area contributed by atoms with Crippen molar-refractivity contribution in [2.24, 2.45) is 0 Å². The Hall–Kier alpha value is -1.15. The highest BCUT2D eigenvalue weighted by molar-refractivity contribution is 7.09. The maximum Gasteiger partial charge on any atom is 0.0901 e. The largest absolute Gasteiger partial charge is 0.242 e. The first kappa shape index (κ1) is 11.9. The fourth-order valence-corrected chi connectivity index (χ4v) is 3.54. The zero-order chi connectivity index (χ0) is 12.7. The molecule has 1 aromatic heterocycles. The summed E-state index contributed by atoms with van der Waals surface area (Å²) < 4.78 is 0. The van der Waals surface area contributed by atoms with Crippen molar-refractivity contribution in [3.05, 3.63) is 39.7 Å². The van der Waals surface area contributed by atoms with Gasteiger partial charge in [-0.25, -0.2) is 4.98 Å². The zero-order valence-electron chi connectivity index (χ0n) is 11.2. The Morgan fingerprint density at radius 1 is 1.11 bits per heavy atom. The van der Waals surface area contributed by atoms with Crippen molar-refractivity contribution in [2.75, 3.05) is 0 Å². The maximum atomic E-state index is 4.59. The summed E-state index contributed by atoms with van der Waals surface area (Å²) >= 11 is 1.73. The number of aromatic nitrogens is 1. The van der Waals surface area contributed by atoms with Crippen molar-refractivity contribution in [2.45, 2.75) is 45.4 Å². The second-order valence-corrected chi connectivity index (χ2v) is 6.54. The van der Waals surface area contributed by atoms with E-state index in [0.717, 1.165) is 10.7 Å². The van der Waals surface area contributed by atoms with Crippen LogP contribution in [0.15, 0.2) is 23.6 Å². The third kappa shape index (κ3) is 1.99. The van der Waals surface area contributed by atoms with E-state index in [2.05, 4.69) is 49.3 Å². The summed E-state index contributed by atoms with van der Waals surface area (Å²) in [6.07, 6.45) is 2.64. The van der Waals surface area contributed by atoms with E-state index in [-0.39, 0.29) is 0 Å². The van der Waals surface area contributed by atoms with E-state index in [1.54, 1.807) is 16.9 Å². The van der Waals surface area contributed by atoms with E-state index in [1.165, 1.54) is 24.0 Å². The third-order valence-corrected chi connectivity index (χ3v) is 4.87. The highest BCUT2D eigenvalue weighted by Gasteiger charge is 2.22. The van der Waals surface area contributed by atoms with E-state index in [1.807, 2.05) is 0 Å². The van der Waals surface area contributed by atoms with Gasteiger partial charge in [-0.15, -0.1) is 11.3 Å². The normalized spacial score (nSPS) is 22.8. The number of aryl methyl sites for hydroxylation is 1. The molecule has 1 aliphatic carbocycles. The molecule has 1 nitrogen and oxygen atoms in total. The lowest BCUT2D eigenvalue weighted by molar-refractivity contribution is 0.527. The van der Waals surface area contributed by atoms with Crippen LogP contribution in [0.5, 0.6) is 0 Å². The molecule has 0 amide bonds. The van der Waals surface area contributed by atoms with Crippen LogP contribution >= 0.6 is 11.3 Å². The van der Waals surface area contributed by atoms with Gasteiger partial charge in [0.2, 0.25) is 0 Å². The van der Waals surface area contributed by atoms with Gasteiger partial charge in [-0.05, 0) is 48.8 Å². The molecule has 1 aromatic carbocycles. The summed E-state index contributed by atoms with van der Waals surface area (Å²) in [6, 6.07) is 6.92. The first-order valence-corrected chi connectivity index (χ1v) is 7.59. The van der Waals surface area contributed by atoms with Crippen LogP contribution < -0.4 is 0 Å². The lowest BCUT2D eigenvalue weighted by Gasteiger charge is -2.27. The summed E-state index contributed by atoms with van der Waals surface area (Å²) in [6.45, 7) is 6.76. The zero-order valence-corrected chi connectivity index (χ0v) is 12.1. The highest BCUT2D eigenvalue weighted by atomic mass is 32.1. The van der Waals surface area contributed by atoms with Gasteiger partial charge in [0, 0.05) is 10.9 Å². The monoisotopic (exact) mass is 257 g/mol. The van der Waals surface area contributed by atoms with Crippen molar-refractivity contribution in [3.63, 3.8) is 0 Å². The fraction of sp³-hybridized carbons (Fsp3) is 0.438. The molecule has 0 spiro atoms. The number of nitrogens with zero attached hydrogens (tertiary/aromatic N) is 1. The molecule has 94 valence electrons. The minimum atomic E-state index is 0.691. The molecule has 1 aliphatic rings. The Morgan fingerprint density at radius 3 is 2.50 bits per heavy atom. The molecule has 0 aliphatic heterocycles. The fourth-order valence-electron chi connectivity index (χ4n) is 2.92. The van der Waals surface area contributed by atoms with Crippen LogP contribution in [0.2, 0.25) is 0 Å². The van der Waals surface area contributed by atoms with Gasteiger partial charge < -0.3 is 0 Å². The van der Waals surface area contributed by atoms with Crippen molar-refractivity contribution >= 4 is 11.3 Å². The minimum Gasteiger partial charge on any atom is -0.242 e. The average Bonchev–Trinajstić information content (AvgIpc) is 2.80. The highest BCUT2D eigenvalue weighted by Crippen LogP contribution is 2.40. The van der Waals surface area contributed by atoms with Crippen molar-refractivity contribution in [1.82, 2.24) is 4.98 Å². The lowest BCUT2D eigenvalue weighted by atomic mass is 9.77. The van der Waals surface area contributed by atoms with Crippen molar-refractivity contribution < 1.29 is 0 Å². The Balaban J connectivity index is 2.07.